The highest BCUT2D eigenvalue weighted by atomic mass is 32.2. The number of methoxy groups -OCH3 is 2. The van der Waals surface area contributed by atoms with E-state index in [-0.39, 0.29) is 5.91 Å². The Bertz CT molecular complexity index is 951. The number of amides is 1. The number of ether oxygens (including phenoxy) is 2. The molecule has 150 valence electrons. The van der Waals surface area contributed by atoms with Crippen molar-refractivity contribution in [3.05, 3.63) is 59.0 Å². The molecule has 2 aliphatic rings. The number of nitrogens with zero attached hydrogens (tertiary/aromatic N) is 3. The maximum atomic E-state index is 12.5. The number of thioether (sulfide) groups is 1. The van der Waals surface area contributed by atoms with Gasteiger partial charge in [-0.25, -0.2) is 0 Å². The van der Waals surface area contributed by atoms with Crippen LogP contribution in [0.1, 0.15) is 5.56 Å². The van der Waals surface area contributed by atoms with Gasteiger partial charge in [0.1, 0.15) is 0 Å². The minimum atomic E-state index is -0.208. The quantitative estimate of drug-likeness (QED) is 0.721. The Morgan fingerprint density at radius 2 is 1.66 bits per heavy atom. The fourth-order valence-corrected chi connectivity index (χ4v) is 4.45. The van der Waals surface area contributed by atoms with E-state index in [1.807, 2.05) is 30.3 Å². The van der Waals surface area contributed by atoms with Gasteiger partial charge in [0.2, 0.25) is 0 Å². The minimum absolute atomic E-state index is 0.208. The third-order valence-electron chi connectivity index (χ3n) is 5.00. The fraction of sp³-hybridized carbons (Fsp3) is 0.273. The molecule has 2 aliphatic heterocycles. The number of para-hydroxylation sites is 2. The lowest BCUT2D eigenvalue weighted by atomic mass is 10.1. The van der Waals surface area contributed by atoms with Crippen LogP contribution in [0.15, 0.2) is 58.4 Å². The molecule has 0 unspecified atom stereocenters. The van der Waals surface area contributed by atoms with Gasteiger partial charge in [0.15, 0.2) is 16.7 Å². The maximum absolute atomic E-state index is 12.5. The molecular weight excluding hydrogens is 386 g/mol. The summed E-state index contributed by atoms with van der Waals surface area (Å²) in [7, 11) is 3.19. The lowest BCUT2D eigenvalue weighted by Gasteiger charge is -2.36. The molecule has 29 heavy (non-hydrogen) atoms. The normalized spacial score (nSPS) is 18.2. The number of carbonyl (C=O) groups excluding carboxylic acids is 1. The van der Waals surface area contributed by atoms with Gasteiger partial charge in [-0.05, 0) is 36.0 Å². The molecular formula is C22H23N3O3S. The molecule has 1 amide bonds. The van der Waals surface area contributed by atoms with Crippen molar-refractivity contribution in [3.8, 4) is 11.5 Å². The number of benzene rings is 2. The van der Waals surface area contributed by atoms with E-state index in [0.29, 0.717) is 16.4 Å². The molecule has 0 aromatic heterocycles. The molecule has 6 nitrogen and oxygen atoms in total. The predicted molar refractivity (Wildman–Crippen MR) is 118 cm³/mol. The van der Waals surface area contributed by atoms with Crippen LogP contribution in [-0.4, -0.2) is 56.4 Å². The molecule has 2 heterocycles. The van der Waals surface area contributed by atoms with Gasteiger partial charge in [-0.3, -0.25) is 4.79 Å². The van der Waals surface area contributed by atoms with Crippen LogP contribution in [-0.2, 0) is 4.79 Å². The van der Waals surface area contributed by atoms with E-state index in [4.69, 9.17) is 9.47 Å². The van der Waals surface area contributed by atoms with Gasteiger partial charge in [-0.15, -0.1) is 0 Å². The van der Waals surface area contributed by atoms with Crippen LogP contribution in [0.3, 0.4) is 0 Å². The lowest BCUT2D eigenvalue weighted by molar-refractivity contribution is -0.113. The van der Waals surface area contributed by atoms with Gasteiger partial charge in [0.05, 0.1) is 19.1 Å². The van der Waals surface area contributed by atoms with Crippen molar-refractivity contribution in [3.63, 3.8) is 0 Å². The van der Waals surface area contributed by atoms with Crippen molar-refractivity contribution >= 4 is 34.6 Å². The first-order valence-electron chi connectivity index (χ1n) is 9.48. The highest BCUT2D eigenvalue weighted by molar-refractivity contribution is 8.18. The standard InChI is InChI=1S/C22H23N3O3S/c1-27-18-10-6-7-16(20(18)28-2)15-19-21(26)23-22(29-19)25-13-11-24(12-14-25)17-8-4-3-5-9-17/h3-10,15H,11-14H2,1-2H3/b19-15-. The number of amidine groups is 1. The molecule has 2 aromatic carbocycles. The average Bonchev–Trinajstić information content (AvgIpc) is 3.14. The molecule has 1 fully saturated rings. The molecule has 0 saturated carbocycles. The SMILES string of the molecule is COc1cccc(/C=C2\SC(N3CCN(c4ccccc4)CC3)=NC2=O)c1OC. The number of anilines is 1. The summed E-state index contributed by atoms with van der Waals surface area (Å²) in [6.45, 7) is 3.48. The van der Waals surface area contributed by atoms with Gasteiger partial charge in [-0.2, -0.15) is 4.99 Å². The zero-order valence-corrected chi connectivity index (χ0v) is 17.3. The molecule has 0 atom stereocenters. The van der Waals surface area contributed by atoms with Crippen molar-refractivity contribution in [2.45, 2.75) is 0 Å². The van der Waals surface area contributed by atoms with Gasteiger partial charge in [-0.1, -0.05) is 30.3 Å². The largest absolute Gasteiger partial charge is 0.493 e. The van der Waals surface area contributed by atoms with Crippen LogP contribution in [0, 0.1) is 0 Å². The predicted octanol–water partition coefficient (Wildman–Crippen LogP) is 3.50. The number of carbonyl (C=O) groups is 1. The van der Waals surface area contributed by atoms with E-state index >= 15 is 0 Å². The summed E-state index contributed by atoms with van der Waals surface area (Å²) in [5.41, 5.74) is 2.03. The van der Waals surface area contributed by atoms with Crippen LogP contribution < -0.4 is 14.4 Å². The van der Waals surface area contributed by atoms with E-state index < -0.39 is 0 Å². The van der Waals surface area contributed by atoms with Crippen LogP contribution in [0.4, 0.5) is 5.69 Å². The molecule has 2 aromatic rings. The summed E-state index contributed by atoms with van der Waals surface area (Å²) in [5, 5.41) is 0.774. The van der Waals surface area contributed by atoms with E-state index in [2.05, 4.69) is 39.1 Å². The Labute approximate surface area is 174 Å². The molecule has 0 spiro atoms. The van der Waals surface area contributed by atoms with E-state index in [9.17, 15) is 4.79 Å². The number of aliphatic imine (C=N–C) groups is 1. The van der Waals surface area contributed by atoms with Crippen molar-refractivity contribution in [1.29, 1.82) is 0 Å². The van der Waals surface area contributed by atoms with Crippen LogP contribution >= 0.6 is 11.8 Å². The highest BCUT2D eigenvalue weighted by Crippen LogP contribution is 2.36. The zero-order chi connectivity index (χ0) is 20.2. The van der Waals surface area contributed by atoms with Crippen LogP contribution in [0.25, 0.3) is 6.08 Å². The molecule has 4 rings (SSSR count). The second-order valence-corrected chi connectivity index (χ2v) is 7.71. The van der Waals surface area contributed by atoms with Crippen molar-refractivity contribution < 1.29 is 14.3 Å². The maximum Gasteiger partial charge on any atom is 0.286 e. The number of hydrogen-bond donors (Lipinski definition) is 0. The van der Waals surface area contributed by atoms with Crippen molar-refractivity contribution in [2.75, 3.05) is 45.3 Å². The van der Waals surface area contributed by atoms with Crippen molar-refractivity contribution in [2.24, 2.45) is 4.99 Å². The van der Waals surface area contributed by atoms with Crippen LogP contribution in [0.5, 0.6) is 11.5 Å². The summed E-state index contributed by atoms with van der Waals surface area (Å²) in [5.74, 6) is 1.04. The second kappa shape index (κ2) is 8.61. The topological polar surface area (TPSA) is 54.4 Å². The minimum Gasteiger partial charge on any atom is -0.493 e. The fourth-order valence-electron chi connectivity index (χ4n) is 3.49. The first kappa shape index (κ1) is 19.4. The summed E-state index contributed by atoms with van der Waals surface area (Å²) < 4.78 is 10.8. The Morgan fingerprint density at radius 3 is 2.34 bits per heavy atom. The van der Waals surface area contributed by atoms with Gasteiger partial charge in [0, 0.05) is 37.4 Å². The molecule has 1 saturated heterocycles. The molecule has 0 N–H and O–H groups in total. The van der Waals surface area contributed by atoms with E-state index in [1.54, 1.807) is 14.2 Å². The molecule has 0 bridgehead atoms. The summed E-state index contributed by atoms with van der Waals surface area (Å²) in [4.78, 5) is 21.9. The smallest absolute Gasteiger partial charge is 0.286 e. The highest BCUT2D eigenvalue weighted by Gasteiger charge is 2.29. The summed E-state index contributed by atoms with van der Waals surface area (Å²) in [6, 6.07) is 16.0. The third-order valence-corrected chi connectivity index (χ3v) is 6.05. The van der Waals surface area contributed by atoms with Crippen molar-refractivity contribution in [1.82, 2.24) is 4.90 Å². The Balaban J connectivity index is 1.45. The first-order chi connectivity index (χ1) is 14.2. The third kappa shape index (κ3) is 4.10. The Kier molecular flexibility index (Phi) is 5.76. The van der Waals surface area contributed by atoms with Gasteiger partial charge in [0.25, 0.3) is 5.91 Å². The molecule has 0 radical (unpaired) electrons. The van der Waals surface area contributed by atoms with Gasteiger partial charge >= 0.3 is 0 Å². The monoisotopic (exact) mass is 409 g/mol. The zero-order valence-electron chi connectivity index (χ0n) is 16.5. The molecule has 7 heteroatoms. The Hall–Kier alpha value is -2.93. The number of hydrogen-bond acceptors (Lipinski definition) is 6. The van der Waals surface area contributed by atoms with Crippen LogP contribution in [0.2, 0.25) is 0 Å². The number of piperazine rings is 1. The second-order valence-electron chi connectivity index (χ2n) is 6.70. The van der Waals surface area contributed by atoms with E-state index in [0.717, 1.165) is 36.9 Å². The molecule has 0 aliphatic carbocycles. The Morgan fingerprint density at radius 1 is 0.931 bits per heavy atom. The van der Waals surface area contributed by atoms with Gasteiger partial charge < -0.3 is 19.3 Å². The lowest BCUT2D eigenvalue weighted by Crippen LogP contribution is -2.47. The summed E-state index contributed by atoms with van der Waals surface area (Å²) in [6.07, 6.45) is 1.82. The summed E-state index contributed by atoms with van der Waals surface area (Å²) >= 11 is 1.42. The van der Waals surface area contributed by atoms with E-state index in [1.165, 1.54) is 17.4 Å². The average molecular weight is 410 g/mol. The number of rotatable bonds is 4. The first-order valence-corrected chi connectivity index (χ1v) is 10.3.